The highest BCUT2D eigenvalue weighted by Crippen LogP contribution is 2.40. The number of fused-ring (bicyclic) bond motifs is 2. The minimum Gasteiger partial charge on any atom is -0.440 e. The molecule has 3 aromatic rings. The molecule has 0 saturated heterocycles. The van der Waals surface area contributed by atoms with Gasteiger partial charge in [-0.05, 0) is 37.1 Å². The van der Waals surface area contributed by atoms with Crippen molar-refractivity contribution in [3.8, 4) is 0 Å². The van der Waals surface area contributed by atoms with E-state index < -0.39 is 24.5 Å². The van der Waals surface area contributed by atoms with Crippen LogP contribution in [0.5, 0.6) is 0 Å². The highest BCUT2D eigenvalue weighted by molar-refractivity contribution is 6.21. The molecule has 0 spiro atoms. The summed E-state index contributed by atoms with van der Waals surface area (Å²) in [4.78, 5) is 43.2. The Hall–Kier alpha value is -3.54. The number of imide groups is 1. The third-order valence-electron chi connectivity index (χ3n) is 5.15. The first-order valence-corrected chi connectivity index (χ1v) is 9.15. The van der Waals surface area contributed by atoms with E-state index in [1.54, 1.807) is 30.3 Å². The van der Waals surface area contributed by atoms with Gasteiger partial charge in [0.25, 0.3) is 11.8 Å². The zero-order chi connectivity index (χ0) is 19.3. The normalized spacial score (nSPS) is 15.8. The van der Waals surface area contributed by atoms with Crippen LogP contribution in [-0.2, 0) is 4.74 Å². The third kappa shape index (κ3) is 2.65. The molecule has 2 heterocycles. The van der Waals surface area contributed by atoms with Gasteiger partial charge in [0.1, 0.15) is 0 Å². The molecular weight excluding hydrogens is 356 g/mol. The van der Waals surface area contributed by atoms with E-state index in [1.165, 1.54) is 0 Å². The molecule has 2 amide bonds. The van der Waals surface area contributed by atoms with Crippen molar-refractivity contribution in [3.63, 3.8) is 0 Å². The summed E-state index contributed by atoms with van der Waals surface area (Å²) in [7, 11) is 0. The molecule has 1 aliphatic heterocycles. The van der Waals surface area contributed by atoms with E-state index in [-0.39, 0.29) is 0 Å². The average Bonchev–Trinajstić information content (AvgIpc) is 3.54. The molecular formula is C22H16N2O4. The molecule has 6 nitrogen and oxygen atoms in total. The molecule has 0 radical (unpaired) electrons. The van der Waals surface area contributed by atoms with E-state index in [1.807, 2.05) is 24.3 Å². The molecule has 0 unspecified atom stereocenters. The molecule has 1 fully saturated rings. The van der Waals surface area contributed by atoms with Crippen molar-refractivity contribution in [2.75, 3.05) is 6.73 Å². The number of rotatable bonds is 4. The maximum Gasteiger partial charge on any atom is 0.340 e. The standard InChI is InChI=1S/C22H16N2O4/c25-20-15-6-1-2-7-16(15)21(26)24(20)12-28-22(27)17-11-19(13-9-10-13)23-18-8-4-3-5-14(17)18/h1-8,11,13H,9-10,12H2. The lowest BCUT2D eigenvalue weighted by Crippen LogP contribution is -2.33. The van der Waals surface area contributed by atoms with Crippen molar-refractivity contribution >= 4 is 28.7 Å². The van der Waals surface area contributed by atoms with Gasteiger partial charge < -0.3 is 4.74 Å². The molecule has 5 rings (SSSR count). The summed E-state index contributed by atoms with van der Waals surface area (Å²) in [6, 6.07) is 15.7. The molecule has 1 saturated carbocycles. The van der Waals surface area contributed by atoms with Crippen LogP contribution in [0.15, 0.2) is 54.6 Å². The lowest BCUT2D eigenvalue weighted by atomic mass is 10.1. The molecule has 0 bridgehead atoms. The van der Waals surface area contributed by atoms with E-state index in [4.69, 9.17) is 4.74 Å². The van der Waals surface area contributed by atoms with Gasteiger partial charge in [-0.25, -0.2) is 9.69 Å². The fourth-order valence-corrected chi connectivity index (χ4v) is 3.51. The first kappa shape index (κ1) is 16.6. The average molecular weight is 372 g/mol. The van der Waals surface area contributed by atoms with E-state index in [9.17, 15) is 14.4 Å². The van der Waals surface area contributed by atoms with Gasteiger partial charge in [-0.15, -0.1) is 0 Å². The van der Waals surface area contributed by atoms with Crippen LogP contribution in [0, 0.1) is 0 Å². The van der Waals surface area contributed by atoms with E-state index in [0.717, 1.165) is 29.0 Å². The van der Waals surface area contributed by atoms with Gasteiger partial charge in [0.05, 0.1) is 22.2 Å². The Morgan fingerprint density at radius 2 is 1.64 bits per heavy atom. The molecule has 0 N–H and O–H groups in total. The van der Waals surface area contributed by atoms with Gasteiger partial charge in [-0.3, -0.25) is 14.6 Å². The minimum atomic E-state index is -0.572. The number of ether oxygens (including phenoxy) is 1. The Labute approximate surface area is 160 Å². The number of carbonyl (C=O) groups excluding carboxylic acids is 3. The summed E-state index contributed by atoms with van der Waals surface area (Å²) in [6.45, 7) is -0.416. The molecule has 2 aliphatic rings. The summed E-state index contributed by atoms with van der Waals surface area (Å²) < 4.78 is 5.36. The van der Waals surface area contributed by atoms with Crippen LogP contribution in [-0.4, -0.2) is 34.4 Å². The fraction of sp³-hybridized carbons (Fsp3) is 0.182. The maximum atomic E-state index is 12.8. The second-order valence-electron chi connectivity index (χ2n) is 7.03. The fourth-order valence-electron chi connectivity index (χ4n) is 3.51. The summed E-state index contributed by atoms with van der Waals surface area (Å²) in [5.41, 5.74) is 2.68. The number of carbonyl (C=O) groups is 3. The monoisotopic (exact) mass is 372 g/mol. The number of esters is 1. The number of para-hydroxylation sites is 1. The number of aromatic nitrogens is 1. The summed E-state index contributed by atoms with van der Waals surface area (Å²) in [6.07, 6.45) is 2.13. The molecule has 28 heavy (non-hydrogen) atoms. The van der Waals surface area contributed by atoms with Crippen molar-refractivity contribution in [2.24, 2.45) is 0 Å². The van der Waals surface area contributed by atoms with E-state index >= 15 is 0 Å². The number of amides is 2. The smallest absolute Gasteiger partial charge is 0.340 e. The SMILES string of the molecule is O=C(OCN1C(=O)c2ccccc2C1=O)c1cc(C2CC2)nc2ccccc12. The summed E-state index contributed by atoms with van der Waals surface area (Å²) in [5.74, 6) is -1.09. The topological polar surface area (TPSA) is 76.6 Å². The lowest BCUT2D eigenvalue weighted by molar-refractivity contribution is 0.0229. The Morgan fingerprint density at radius 3 is 2.32 bits per heavy atom. The van der Waals surface area contributed by atoms with Crippen LogP contribution in [0.3, 0.4) is 0 Å². The van der Waals surface area contributed by atoms with Crippen LogP contribution in [0.25, 0.3) is 10.9 Å². The predicted octanol–water partition coefficient (Wildman–Crippen LogP) is 3.52. The van der Waals surface area contributed by atoms with Crippen molar-refractivity contribution in [1.82, 2.24) is 9.88 Å². The predicted molar refractivity (Wildman–Crippen MR) is 101 cm³/mol. The Bertz CT molecular complexity index is 1120. The number of nitrogens with zero attached hydrogens (tertiary/aromatic N) is 2. The maximum absolute atomic E-state index is 12.8. The summed E-state index contributed by atoms with van der Waals surface area (Å²) in [5, 5.41) is 0.694. The van der Waals surface area contributed by atoms with Gasteiger partial charge in [-0.1, -0.05) is 30.3 Å². The van der Waals surface area contributed by atoms with Crippen LogP contribution in [0.1, 0.15) is 55.5 Å². The van der Waals surface area contributed by atoms with Crippen LogP contribution in [0.2, 0.25) is 0 Å². The quantitative estimate of drug-likeness (QED) is 0.517. The molecule has 1 aliphatic carbocycles. The second-order valence-corrected chi connectivity index (χ2v) is 7.03. The van der Waals surface area contributed by atoms with Gasteiger partial charge >= 0.3 is 5.97 Å². The molecule has 0 atom stereocenters. The highest BCUT2D eigenvalue weighted by Gasteiger charge is 2.36. The number of hydrogen-bond donors (Lipinski definition) is 0. The van der Waals surface area contributed by atoms with Crippen LogP contribution >= 0.6 is 0 Å². The first-order chi connectivity index (χ1) is 13.6. The van der Waals surface area contributed by atoms with Crippen molar-refractivity contribution in [2.45, 2.75) is 18.8 Å². The minimum absolute atomic E-state index is 0.328. The van der Waals surface area contributed by atoms with Crippen LogP contribution in [0.4, 0.5) is 0 Å². The highest BCUT2D eigenvalue weighted by atomic mass is 16.5. The number of benzene rings is 2. The molecule has 138 valence electrons. The summed E-state index contributed by atoms with van der Waals surface area (Å²) >= 11 is 0. The second kappa shape index (κ2) is 6.27. The van der Waals surface area contributed by atoms with Gasteiger partial charge in [0.15, 0.2) is 6.73 Å². The largest absolute Gasteiger partial charge is 0.440 e. The number of hydrogen-bond acceptors (Lipinski definition) is 5. The van der Waals surface area contributed by atoms with E-state index in [0.29, 0.717) is 28.0 Å². The van der Waals surface area contributed by atoms with Gasteiger partial charge in [-0.2, -0.15) is 0 Å². The van der Waals surface area contributed by atoms with Gasteiger partial charge in [0.2, 0.25) is 0 Å². The zero-order valence-corrected chi connectivity index (χ0v) is 14.9. The Kier molecular flexibility index (Phi) is 3.72. The zero-order valence-electron chi connectivity index (χ0n) is 14.9. The van der Waals surface area contributed by atoms with Crippen molar-refractivity contribution < 1.29 is 19.1 Å². The molecule has 1 aromatic heterocycles. The van der Waals surface area contributed by atoms with Crippen LogP contribution < -0.4 is 0 Å². The van der Waals surface area contributed by atoms with Crippen molar-refractivity contribution in [3.05, 3.63) is 77.0 Å². The van der Waals surface area contributed by atoms with Crippen molar-refractivity contribution in [1.29, 1.82) is 0 Å². The van der Waals surface area contributed by atoms with Gasteiger partial charge in [0, 0.05) is 17.0 Å². The molecule has 6 heteroatoms. The first-order valence-electron chi connectivity index (χ1n) is 9.15. The Balaban J connectivity index is 1.41. The van der Waals surface area contributed by atoms with E-state index in [2.05, 4.69) is 4.98 Å². The molecule has 2 aromatic carbocycles. The third-order valence-corrected chi connectivity index (χ3v) is 5.15. The Morgan fingerprint density at radius 1 is 1.00 bits per heavy atom. The lowest BCUT2D eigenvalue weighted by Gasteiger charge is -2.15. The number of pyridine rings is 1.